The molecule has 0 radical (unpaired) electrons. The molecule has 1 saturated heterocycles. The van der Waals surface area contributed by atoms with E-state index in [9.17, 15) is 15.0 Å². The van der Waals surface area contributed by atoms with Crippen LogP contribution in [-0.4, -0.2) is 40.3 Å². The van der Waals surface area contributed by atoms with Gasteiger partial charge in [-0.1, -0.05) is 36.8 Å². The van der Waals surface area contributed by atoms with E-state index in [1.807, 2.05) is 18.2 Å². The molecule has 1 aromatic rings. The van der Waals surface area contributed by atoms with E-state index >= 15 is 0 Å². The molecule has 3 rings (SSSR count). The molecule has 0 spiro atoms. The van der Waals surface area contributed by atoms with Gasteiger partial charge in [-0.05, 0) is 24.3 Å². The van der Waals surface area contributed by atoms with Gasteiger partial charge in [0.2, 0.25) is 0 Å². The van der Waals surface area contributed by atoms with Crippen molar-refractivity contribution in [3.05, 3.63) is 35.9 Å². The number of carboxylic acids is 1. The Bertz CT molecular complexity index is 490. The third-order valence-corrected chi connectivity index (χ3v) is 4.88. The molecule has 2 bridgehead atoms. The number of piperidine rings is 1. The Morgan fingerprint density at radius 1 is 1.35 bits per heavy atom. The van der Waals surface area contributed by atoms with Gasteiger partial charge in [-0.25, -0.2) is 0 Å². The first-order valence-corrected chi connectivity index (χ1v) is 7.29. The van der Waals surface area contributed by atoms with Crippen LogP contribution in [0.15, 0.2) is 30.3 Å². The molecule has 108 valence electrons. The number of aliphatic hydroxyl groups is 1. The fourth-order valence-corrected chi connectivity index (χ4v) is 3.86. The van der Waals surface area contributed by atoms with E-state index < -0.39 is 17.5 Å². The average Bonchev–Trinajstić information content (AvgIpc) is 2.41. The molecule has 20 heavy (non-hydrogen) atoms. The highest BCUT2D eigenvalue weighted by molar-refractivity contribution is 5.76. The quantitative estimate of drug-likeness (QED) is 0.882. The predicted octanol–water partition coefficient (Wildman–Crippen LogP) is 1.73. The van der Waals surface area contributed by atoms with Crippen LogP contribution >= 0.6 is 0 Å². The molecule has 2 fully saturated rings. The summed E-state index contributed by atoms with van der Waals surface area (Å²) in [6.45, 7) is 2.01. The number of carboxylic acid groups (broad SMARTS) is 1. The first-order valence-electron chi connectivity index (χ1n) is 7.29. The number of likely N-dealkylation sites (tertiary alicyclic amines) is 1. The van der Waals surface area contributed by atoms with E-state index in [0.717, 1.165) is 25.9 Å². The van der Waals surface area contributed by atoms with Gasteiger partial charge in [0.05, 0.1) is 6.10 Å². The van der Waals surface area contributed by atoms with Crippen LogP contribution in [0, 0.1) is 11.3 Å². The number of nitrogens with zero attached hydrogens (tertiary/aromatic N) is 1. The van der Waals surface area contributed by atoms with E-state index in [-0.39, 0.29) is 5.92 Å². The largest absolute Gasteiger partial charge is 0.481 e. The Morgan fingerprint density at radius 3 is 2.80 bits per heavy atom. The summed E-state index contributed by atoms with van der Waals surface area (Å²) in [5.41, 5.74) is 0.234. The van der Waals surface area contributed by atoms with Gasteiger partial charge in [-0.3, -0.25) is 9.69 Å². The van der Waals surface area contributed by atoms with E-state index in [2.05, 4.69) is 17.0 Å². The molecule has 1 aromatic carbocycles. The maximum absolute atomic E-state index is 11.7. The van der Waals surface area contributed by atoms with Gasteiger partial charge < -0.3 is 10.2 Å². The normalized spacial score (nSPS) is 33.9. The molecule has 1 aliphatic heterocycles. The lowest BCUT2D eigenvalue weighted by atomic mass is 9.64. The van der Waals surface area contributed by atoms with Gasteiger partial charge in [0.1, 0.15) is 5.41 Å². The fraction of sp³-hybridized carbons (Fsp3) is 0.562. The summed E-state index contributed by atoms with van der Waals surface area (Å²) in [4.78, 5) is 13.9. The van der Waals surface area contributed by atoms with Crippen LogP contribution in [0.25, 0.3) is 0 Å². The zero-order chi connectivity index (χ0) is 14.2. The molecule has 4 nitrogen and oxygen atoms in total. The summed E-state index contributed by atoms with van der Waals surface area (Å²) in [6.07, 6.45) is 1.74. The third kappa shape index (κ3) is 2.23. The molecule has 0 aromatic heterocycles. The number of fused-ring (bicyclic) bond motifs is 2. The first kappa shape index (κ1) is 13.6. The summed E-state index contributed by atoms with van der Waals surface area (Å²) in [7, 11) is 0. The summed E-state index contributed by atoms with van der Waals surface area (Å²) in [5.74, 6) is -0.746. The minimum Gasteiger partial charge on any atom is -0.481 e. The van der Waals surface area contributed by atoms with Crippen molar-refractivity contribution < 1.29 is 15.0 Å². The highest BCUT2D eigenvalue weighted by Crippen LogP contribution is 2.44. The lowest BCUT2D eigenvalue weighted by molar-refractivity contribution is -0.177. The molecule has 0 amide bonds. The molecule has 1 saturated carbocycles. The van der Waals surface area contributed by atoms with Crippen molar-refractivity contribution in [1.82, 2.24) is 4.90 Å². The maximum atomic E-state index is 11.7. The van der Waals surface area contributed by atoms with Crippen molar-refractivity contribution in [3.63, 3.8) is 0 Å². The Labute approximate surface area is 119 Å². The van der Waals surface area contributed by atoms with E-state index in [4.69, 9.17) is 0 Å². The van der Waals surface area contributed by atoms with Crippen molar-refractivity contribution in [2.75, 3.05) is 13.1 Å². The third-order valence-electron chi connectivity index (χ3n) is 4.88. The minimum atomic E-state index is -0.962. The van der Waals surface area contributed by atoms with Gasteiger partial charge in [0.15, 0.2) is 0 Å². The number of carbonyl (C=O) groups is 1. The molecule has 3 atom stereocenters. The van der Waals surface area contributed by atoms with Crippen molar-refractivity contribution in [3.8, 4) is 0 Å². The van der Waals surface area contributed by atoms with Crippen LogP contribution < -0.4 is 0 Å². The van der Waals surface area contributed by atoms with Crippen LogP contribution in [0.3, 0.4) is 0 Å². The number of rotatable bonds is 3. The van der Waals surface area contributed by atoms with Crippen molar-refractivity contribution in [2.24, 2.45) is 11.3 Å². The molecule has 3 unspecified atom stereocenters. The second kappa shape index (κ2) is 5.19. The number of aliphatic carboxylic acids is 1. The monoisotopic (exact) mass is 275 g/mol. The molecule has 2 N–H and O–H groups in total. The molecule has 2 aliphatic rings. The van der Waals surface area contributed by atoms with Gasteiger partial charge in [-0.2, -0.15) is 0 Å². The maximum Gasteiger partial charge on any atom is 0.313 e. The van der Waals surface area contributed by atoms with Crippen LogP contribution in [-0.2, 0) is 11.3 Å². The van der Waals surface area contributed by atoms with Crippen molar-refractivity contribution in [2.45, 2.75) is 31.9 Å². The molecule has 1 heterocycles. The van der Waals surface area contributed by atoms with E-state index in [1.165, 1.54) is 5.56 Å². The lowest BCUT2D eigenvalue weighted by Gasteiger charge is -2.50. The second-order valence-corrected chi connectivity index (χ2v) is 6.21. The highest BCUT2D eigenvalue weighted by atomic mass is 16.4. The lowest BCUT2D eigenvalue weighted by Crippen LogP contribution is -2.61. The zero-order valence-electron chi connectivity index (χ0n) is 11.5. The fourth-order valence-electron chi connectivity index (χ4n) is 3.86. The second-order valence-electron chi connectivity index (χ2n) is 6.21. The van der Waals surface area contributed by atoms with Crippen LogP contribution in [0.5, 0.6) is 0 Å². The SMILES string of the molecule is O=C(O)C12CCCC(CN(Cc3ccccc3)C1)C2O. The Kier molecular flexibility index (Phi) is 3.52. The van der Waals surface area contributed by atoms with Crippen LogP contribution in [0.4, 0.5) is 0 Å². The number of aliphatic hydroxyl groups excluding tert-OH is 1. The van der Waals surface area contributed by atoms with Crippen molar-refractivity contribution >= 4 is 5.97 Å². The van der Waals surface area contributed by atoms with E-state index in [0.29, 0.717) is 13.0 Å². The number of hydrogen-bond acceptors (Lipinski definition) is 3. The van der Waals surface area contributed by atoms with Crippen molar-refractivity contribution in [1.29, 1.82) is 0 Å². The van der Waals surface area contributed by atoms with Crippen LogP contribution in [0.2, 0.25) is 0 Å². The van der Waals surface area contributed by atoms with Gasteiger partial charge in [0.25, 0.3) is 0 Å². The summed E-state index contributed by atoms with van der Waals surface area (Å²) in [5, 5.41) is 20.0. The minimum absolute atomic E-state index is 0.0947. The standard InChI is InChI=1S/C16H21NO3/c18-14-13-7-4-8-16(14,15(19)20)11-17(10-13)9-12-5-2-1-3-6-12/h1-3,5-6,13-14,18H,4,7-11H2,(H,19,20). The number of hydrogen-bond donors (Lipinski definition) is 2. The predicted molar refractivity (Wildman–Crippen MR) is 75.1 cm³/mol. The average molecular weight is 275 g/mol. The molecule has 4 heteroatoms. The van der Waals surface area contributed by atoms with Gasteiger partial charge in [0, 0.05) is 19.6 Å². The Morgan fingerprint density at radius 2 is 2.10 bits per heavy atom. The topological polar surface area (TPSA) is 60.8 Å². The molecule has 1 aliphatic carbocycles. The van der Waals surface area contributed by atoms with Crippen LogP contribution in [0.1, 0.15) is 24.8 Å². The molecular weight excluding hydrogens is 254 g/mol. The zero-order valence-corrected chi connectivity index (χ0v) is 11.5. The molecular formula is C16H21NO3. The number of benzene rings is 1. The first-order chi connectivity index (χ1) is 9.62. The van der Waals surface area contributed by atoms with Gasteiger partial charge >= 0.3 is 5.97 Å². The highest BCUT2D eigenvalue weighted by Gasteiger charge is 2.54. The Hall–Kier alpha value is -1.39. The summed E-state index contributed by atoms with van der Waals surface area (Å²) < 4.78 is 0. The summed E-state index contributed by atoms with van der Waals surface area (Å²) in [6, 6.07) is 10.1. The smallest absolute Gasteiger partial charge is 0.313 e. The van der Waals surface area contributed by atoms with Gasteiger partial charge in [-0.15, -0.1) is 0 Å². The Balaban J connectivity index is 1.80. The summed E-state index contributed by atoms with van der Waals surface area (Å²) >= 11 is 0. The van der Waals surface area contributed by atoms with E-state index in [1.54, 1.807) is 0 Å².